The van der Waals surface area contributed by atoms with Gasteiger partial charge in [-0.15, -0.1) is 0 Å². The second kappa shape index (κ2) is 7.03. The van der Waals surface area contributed by atoms with Gasteiger partial charge in [0.05, 0.1) is 17.4 Å². The highest BCUT2D eigenvalue weighted by molar-refractivity contribution is 7.89. The average Bonchev–Trinajstić information content (AvgIpc) is 2.49. The van der Waals surface area contributed by atoms with Crippen molar-refractivity contribution in [3.63, 3.8) is 0 Å². The Morgan fingerprint density at radius 2 is 2.10 bits per heavy atom. The Bertz CT molecular complexity index is 603. The van der Waals surface area contributed by atoms with Gasteiger partial charge in [0.15, 0.2) is 0 Å². The summed E-state index contributed by atoms with van der Waals surface area (Å²) in [7, 11) is -1.53. The first-order valence-corrected chi connectivity index (χ1v) is 8.62. The first kappa shape index (κ1) is 16.0. The molecule has 5 nitrogen and oxygen atoms in total. The average molecular weight is 307 g/mol. The lowest BCUT2D eigenvalue weighted by molar-refractivity contribution is 0.263. The molecule has 1 aromatic carbocycles. The quantitative estimate of drug-likeness (QED) is 0.892. The van der Waals surface area contributed by atoms with Gasteiger partial charge in [-0.1, -0.05) is 12.1 Å². The van der Waals surface area contributed by atoms with Crippen molar-refractivity contribution in [3.8, 4) is 6.07 Å². The van der Waals surface area contributed by atoms with Gasteiger partial charge in [-0.2, -0.15) is 9.57 Å². The summed E-state index contributed by atoms with van der Waals surface area (Å²) in [5.74, 6) is 0.372. The molecule has 0 aromatic heterocycles. The summed E-state index contributed by atoms with van der Waals surface area (Å²) in [6.07, 6.45) is 2.26. The molecule has 1 N–H and O–H groups in total. The van der Waals surface area contributed by atoms with Crippen LogP contribution in [0.4, 0.5) is 0 Å². The minimum Gasteiger partial charge on any atom is -0.319 e. The maximum Gasteiger partial charge on any atom is 0.243 e. The van der Waals surface area contributed by atoms with Gasteiger partial charge in [0.2, 0.25) is 10.0 Å². The summed E-state index contributed by atoms with van der Waals surface area (Å²) < 4.78 is 26.9. The van der Waals surface area contributed by atoms with E-state index in [1.54, 1.807) is 28.6 Å². The molecule has 0 bridgehead atoms. The Morgan fingerprint density at radius 3 is 2.71 bits per heavy atom. The molecule has 6 heteroatoms. The zero-order valence-electron chi connectivity index (χ0n) is 12.2. The van der Waals surface area contributed by atoms with Gasteiger partial charge in [0.1, 0.15) is 0 Å². The lowest BCUT2D eigenvalue weighted by atomic mass is 10.00. The number of piperidine rings is 1. The van der Waals surface area contributed by atoms with E-state index in [-0.39, 0.29) is 0 Å². The predicted molar refractivity (Wildman–Crippen MR) is 81.2 cm³/mol. The minimum absolute atomic E-state index is 0.300. The maximum absolute atomic E-state index is 12.6. The monoisotopic (exact) mass is 307 g/mol. The molecule has 1 atom stereocenters. The van der Waals surface area contributed by atoms with E-state index in [1.165, 1.54) is 0 Å². The Morgan fingerprint density at radius 1 is 1.38 bits per heavy atom. The molecule has 1 fully saturated rings. The van der Waals surface area contributed by atoms with E-state index in [2.05, 4.69) is 11.4 Å². The van der Waals surface area contributed by atoms with E-state index in [0.717, 1.165) is 24.9 Å². The maximum atomic E-state index is 12.6. The highest BCUT2D eigenvalue weighted by Crippen LogP contribution is 2.23. The van der Waals surface area contributed by atoms with Gasteiger partial charge < -0.3 is 5.32 Å². The molecule has 1 aromatic rings. The van der Waals surface area contributed by atoms with Crippen molar-refractivity contribution in [2.75, 3.05) is 26.7 Å². The second-order valence-corrected chi connectivity index (χ2v) is 7.35. The van der Waals surface area contributed by atoms with Crippen LogP contribution in [0.3, 0.4) is 0 Å². The van der Waals surface area contributed by atoms with Crippen LogP contribution >= 0.6 is 0 Å². The van der Waals surface area contributed by atoms with Gasteiger partial charge in [-0.3, -0.25) is 0 Å². The van der Waals surface area contributed by atoms with E-state index in [4.69, 9.17) is 5.26 Å². The standard InChI is InChI=1S/C15H21N3O2S/c1-17-11-14-3-2-10-18(12-14)21(19,20)15-6-4-13(5-7-15)8-9-16/h4-7,14,17H,2-3,8,10-12H2,1H3. The lowest BCUT2D eigenvalue weighted by Gasteiger charge is -2.31. The molecule has 114 valence electrons. The Labute approximate surface area is 126 Å². The van der Waals surface area contributed by atoms with Crippen molar-refractivity contribution >= 4 is 10.0 Å². The molecule has 0 amide bonds. The van der Waals surface area contributed by atoms with Crippen LogP contribution in [-0.4, -0.2) is 39.4 Å². The fraction of sp³-hybridized carbons (Fsp3) is 0.533. The molecule has 1 heterocycles. The molecule has 1 saturated heterocycles. The number of nitriles is 1. The summed E-state index contributed by atoms with van der Waals surface area (Å²) in [6.45, 7) is 2.00. The Hall–Kier alpha value is -1.42. The smallest absolute Gasteiger partial charge is 0.243 e. The third kappa shape index (κ3) is 3.82. The largest absolute Gasteiger partial charge is 0.319 e. The first-order valence-electron chi connectivity index (χ1n) is 7.18. The molecule has 1 unspecified atom stereocenters. The van der Waals surface area contributed by atoms with E-state index < -0.39 is 10.0 Å². The highest BCUT2D eigenvalue weighted by atomic mass is 32.2. The minimum atomic E-state index is -3.42. The molecule has 1 aliphatic rings. The van der Waals surface area contributed by atoms with Crippen LogP contribution in [0, 0.1) is 17.2 Å². The zero-order valence-corrected chi connectivity index (χ0v) is 13.1. The number of benzene rings is 1. The van der Waals surface area contributed by atoms with Gasteiger partial charge in [0.25, 0.3) is 0 Å². The first-order chi connectivity index (χ1) is 10.1. The molecule has 21 heavy (non-hydrogen) atoms. The van der Waals surface area contributed by atoms with Gasteiger partial charge in [-0.05, 0) is 50.0 Å². The lowest BCUT2D eigenvalue weighted by Crippen LogP contribution is -2.42. The molecule has 0 spiro atoms. The van der Waals surface area contributed by atoms with E-state index >= 15 is 0 Å². The molecular formula is C15H21N3O2S. The van der Waals surface area contributed by atoms with Crippen LogP contribution < -0.4 is 5.32 Å². The molecule has 2 rings (SSSR count). The van der Waals surface area contributed by atoms with Crippen molar-refractivity contribution in [3.05, 3.63) is 29.8 Å². The Kier molecular flexibility index (Phi) is 5.34. The molecular weight excluding hydrogens is 286 g/mol. The van der Waals surface area contributed by atoms with Crippen LogP contribution in [0.2, 0.25) is 0 Å². The molecule has 0 radical (unpaired) electrons. The van der Waals surface area contributed by atoms with Crippen molar-refractivity contribution in [2.24, 2.45) is 5.92 Å². The third-order valence-corrected chi connectivity index (χ3v) is 5.70. The van der Waals surface area contributed by atoms with E-state index in [9.17, 15) is 8.42 Å². The van der Waals surface area contributed by atoms with Crippen LogP contribution in [-0.2, 0) is 16.4 Å². The number of hydrogen-bond acceptors (Lipinski definition) is 4. The van der Waals surface area contributed by atoms with Gasteiger partial charge in [0, 0.05) is 13.1 Å². The number of sulfonamides is 1. The fourth-order valence-corrected chi connectivity index (χ4v) is 4.27. The summed E-state index contributed by atoms with van der Waals surface area (Å²) in [6, 6.07) is 8.69. The second-order valence-electron chi connectivity index (χ2n) is 5.41. The van der Waals surface area contributed by atoms with Gasteiger partial charge in [-0.25, -0.2) is 8.42 Å². The molecule has 0 saturated carbocycles. The summed E-state index contributed by atoms with van der Waals surface area (Å²) in [5, 5.41) is 11.8. The summed E-state index contributed by atoms with van der Waals surface area (Å²) >= 11 is 0. The topological polar surface area (TPSA) is 73.2 Å². The number of rotatable bonds is 5. The van der Waals surface area contributed by atoms with Crippen LogP contribution in [0.1, 0.15) is 18.4 Å². The normalized spacial score (nSPS) is 20.1. The molecule has 0 aliphatic carbocycles. The zero-order chi connectivity index (χ0) is 15.3. The summed E-state index contributed by atoms with van der Waals surface area (Å²) in [4.78, 5) is 0.314. The van der Waals surface area contributed by atoms with Crippen molar-refractivity contribution < 1.29 is 8.42 Å². The van der Waals surface area contributed by atoms with E-state index in [1.807, 2.05) is 7.05 Å². The van der Waals surface area contributed by atoms with Gasteiger partial charge >= 0.3 is 0 Å². The third-order valence-electron chi connectivity index (χ3n) is 3.82. The number of nitrogens with zero attached hydrogens (tertiary/aromatic N) is 2. The predicted octanol–water partition coefficient (Wildman–Crippen LogP) is 1.37. The summed E-state index contributed by atoms with van der Waals surface area (Å²) in [5.41, 5.74) is 0.836. The highest BCUT2D eigenvalue weighted by Gasteiger charge is 2.29. The fourth-order valence-electron chi connectivity index (χ4n) is 2.72. The Balaban J connectivity index is 2.15. The SMILES string of the molecule is CNCC1CCCN(S(=O)(=O)c2ccc(CC#N)cc2)C1. The van der Waals surface area contributed by atoms with Crippen molar-refractivity contribution in [1.82, 2.24) is 9.62 Å². The number of nitrogens with one attached hydrogen (secondary N) is 1. The van der Waals surface area contributed by atoms with Crippen LogP contribution in [0.5, 0.6) is 0 Å². The number of hydrogen-bond donors (Lipinski definition) is 1. The van der Waals surface area contributed by atoms with Crippen LogP contribution in [0.25, 0.3) is 0 Å². The van der Waals surface area contributed by atoms with Crippen LogP contribution in [0.15, 0.2) is 29.2 Å². The van der Waals surface area contributed by atoms with E-state index in [0.29, 0.717) is 30.3 Å². The van der Waals surface area contributed by atoms with Crippen molar-refractivity contribution in [2.45, 2.75) is 24.2 Å². The molecule has 1 aliphatic heterocycles. The van der Waals surface area contributed by atoms with Crippen molar-refractivity contribution in [1.29, 1.82) is 5.26 Å².